The van der Waals surface area contributed by atoms with Crippen LogP contribution in [0.25, 0.3) is 22.7 Å². The molecule has 1 N–H and O–H groups in total. The van der Waals surface area contributed by atoms with E-state index in [2.05, 4.69) is 40.1 Å². The molecule has 2 aromatic heterocycles. The molecule has 0 aliphatic carbocycles. The van der Waals surface area contributed by atoms with E-state index in [4.69, 9.17) is 11.6 Å². The van der Waals surface area contributed by atoms with Crippen molar-refractivity contribution in [1.29, 1.82) is 0 Å². The van der Waals surface area contributed by atoms with Crippen molar-refractivity contribution >= 4 is 34.3 Å². The highest BCUT2D eigenvalue weighted by Gasteiger charge is 2.19. The summed E-state index contributed by atoms with van der Waals surface area (Å²) < 4.78 is 2.33. The molecule has 0 saturated heterocycles. The van der Waals surface area contributed by atoms with Crippen LogP contribution in [-0.4, -0.2) is 16.1 Å². The normalized spacial score (nSPS) is 15.0. The molecule has 0 saturated carbocycles. The molecule has 0 unspecified atom stereocenters. The summed E-state index contributed by atoms with van der Waals surface area (Å²) in [5.41, 5.74) is 6.39. The number of hydrogen-bond acceptors (Lipinski definition) is 2. The second-order valence-corrected chi connectivity index (χ2v) is 6.37. The first-order chi connectivity index (χ1) is 11.2. The summed E-state index contributed by atoms with van der Waals surface area (Å²) in [5.74, 6) is 0. The lowest BCUT2D eigenvalue weighted by atomic mass is 10.1. The predicted octanol–water partition coefficient (Wildman–Crippen LogP) is 4.35. The maximum Gasteiger partial charge on any atom is 0.0529 e. The van der Waals surface area contributed by atoms with Crippen LogP contribution in [-0.2, 0) is 13.0 Å². The van der Waals surface area contributed by atoms with Crippen molar-refractivity contribution in [3.8, 4) is 0 Å². The Bertz CT molecular complexity index is 894. The number of allylic oxidation sites excluding steroid dienone is 1. The van der Waals surface area contributed by atoms with E-state index in [9.17, 15) is 0 Å². The van der Waals surface area contributed by atoms with Crippen LogP contribution in [0.15, 0.2) is 42.7 Å². The summed E-state index contributed by atoms with van der Waals surface area (Å²) >= 11 is 6.22. The summed E-state index contributed by atoms with van der Waals surface area (Å²) in [7, 11) is 0. The fraction of sp³-hybridized carbons (Fsp3) is 0.211. The van der Waals surface area contributed by atoms with Gasteiger partial charge in [-0.2, -0.15) is 0 Å². The van der Waals surface area contributed by atoms with Gasteiger partial charge < -0.3 is 9.88 Å². The van der Waals surface area contributed by atoms with Crippen LogP contribution in [0.1, 0.15) is 23.7 Å². The number of fused-ring (bicyclic) bond motifs is 3. The van der Waals surface area contributed by atoms with Gasteiger partial charge in [-0.15, -0.1) is 0 Å². The van der Waals surface area contributed by atoms with Crippen LogP contribution in [0, 0.1) is 0 Å². The molecule has 116 valence electrons. The van der Waals surface area contributed by atoms with Gasteiger partial charge in [0.1, 0.15) is 0 Å². The third kappa shape index (κ3) is 2.56. The molecule has 1 aliphatic rings. The van der Waals surface area contributed by atoms with Crippen LogP contribution >= 0.6 is 11.6 Å². The van der Waals surface area contributed by atoms with E-state index in [0.29, 0.717) is 0 Å². The molecule has 4 heteroatoms. The molecule has 1 aromatic carbocycles. The highest BCUT2D eigenvalue weighted by Crippen LogP contribution is 2.32. The van der Waals surface area contributed by atoms with Crippen molar-refractivity contribution in [2.24, 2.45) is 0 Å². The Labute approximate surface area is 140 Å². The van der Waals surface area contributed by atoms with Crippen molar-refractivity contribution in [2.75, 3.05) is 6.54 Å². The number of aromatic nitrogens is 2. The Morgan fingerprint density at radius 2 is 2.09 bits per heavy atom. The molecular formula is C19H18ClN3. The van der Waals surface area contributed by atoms with E-state index < -0.39 is 0 Å². The lowest BCUT2D eigenvalue weighted by Gasteiger charge is -2.15. The van der Waals surface area contributed by atoms with Crippen molar-refractivity contribution in [2.45, 2.75) is 19.9 Å². The molecule has 0 amide bonds. The molecule has 0 atom stereocenters. The van der Waals surface area contributed by atoms with Crippen molar-refractivity contribution in [3.05, 3.63) is 64.6 Å². The number of nitrogens with one attached hydrogen (secondary N) is 1. The minimum atomic E-state index is 0.790. The van der Waals surface area contributed by atoms with Gasteiger partial charge in [0, 0.05) is 54.2 Å². The number of pyridine rings is 1. The molecule has 0 radical (unpaired) electrons. The maximum atomic E-state index is 6.22. The van der Waals surface area contributed by atoms with E-state index >= 15 is 0 Å². The largest absolute Gasteiger partial charge is 0.320 e. The molecule has 3 nitrogen and oxygen atoms in total. The Hall–Kier alpha value is -2.10. The van der Waals surface area contributed by atoms with Crippen LogP contribution < -0.4 is 5.32 Å². The van der Waals surface area contributed by atoms with E-state index in [0.717, 1.165) is 24.5 Å². The number of hydrogen-bond donors (Lipinski definition) is 1. The van der Waals surface area contributed by atoms with Gasteiger partial charge in [0.05, 0.1) is 5.52 Å². The van der Waals surface area contributed by atoms with Crippen molar-refractivity contribution in [1.82, 2.24) is 14.9 Å². The molecule has 0 spiro atoms. The first-order valence-electron chi connectivity index (χ1n) is 7.85. The minimum Gasteiger partial charge on any atom is -0.320 e. The zero-order chi connectivity index (χ0) is 15.8. The summed E-state index contributed by atoms with van der Waals surface area (Å²) in [6.07, 6.45) is 6.93. The molecule has 1 aliphatic heterocycles. The average Bonchev–Trinajstić information content (AvgIpc) is 2.89. The molecule has 23 heavy (non-hydrogen) atoms. The monoisotopic (exact) mass is 323 g/mol. The first kappa shape index (κ1) is 14.5. The topological polar surface area (TPSA) is 29.9 Å². The van der Waals surface area contributed by atoms with Crippen molar-refractivity contribution < 1.29 is 0 Å². The van der Waals surface area contributed by atoms with E-state index in [1.165, 1.54) is 33.3 Å². The van der Waals surface area contributed by atoms with Crippen LogP contribution in [0.4, 0.5) is 0 Å². The van der Waals surface area contributed by atoms with E-state index in [1.807, 2.05) is 30.6 Å². The molecular weight excluding hydrogens is 306 g/mol. The Kier molecular flexibility index (Phi) is 3.68. The van der Waals surface area contributed by atoms with Gasteiger partial charge in [-0.3, -0.25) is 4.98 Å². The third-order valence-corrected chi connectivity index (χ3v) is 4.72. The second-order valence-electron chi connectivity index (χ2n) is 5.93. The van der Waals surface area contributed by atoms with Crippen LogP contribution in [0.5, 0.6) is 0 Å². The van der Waals surface area contributed by atoms with Gasteiger partial charge in [-0.05, 0) is 54.0 Å². The Balaban J connectivity index is 1.93. The summed E-state index contributed by atoms with van der Waals surface area (Å²) in [4.78, 5) is 4.10. The highest BCUT2D eigenvalue weighted by atomic mass is 35.5. The molecule has 0 fully saturated rings. The average molecular weight is 324 g/mol. The van der Waals surface area contributed by atoms with Gasteiger partial charge in [0.2, 0.25) is 0 Å². The third-order valence-electron chi connectivity index (χ3n) is 4.48. The van der Waals surface area contributed by atoms with E-state index in [1.54, 1.807) is 0 Å². The highest BCUT2D eigenvalue weighted by molar-refractivity contribution is 6.31. The molecule has 0 bridgehead atoms. The summed E-state index contributed by atoms with van der Waals surface area (Å²) in [6, 6.07) is 10.3. The van der Waals surface area contributed by atoms with Gasteiger partial charge in [0.15, 0.2) is 0 Å². The fourth-order valence-electron chi connectivity index (χ4n) is 3.33. The number of rotatable bonds is 2. The van der Waals surface area contributed by atoms with Gasteiger partial charge >= 0.3 is 0 Å². The predicted molar refractivity (Wildman–Crippen MR) is 96.4 cm³/mol. The maximum absolute atomic E-state index is 6.22. The smallest absolute Gasteiger partial charge is 0.0529 e. The lowest BCUT2D eigenvalue weighted by molar-refractivity contribution is 0.634. The SMILES string of the molecule is C/C(=C/n1c2c(c3cc(Cl)ccc31)CNCC2)c1ccncc1. The van der Waals surface area contributed by atoms with Gasteiger partial charge in [-0.25, -0.2) is 0 Å². The molecule has 3 heterocycles. The van der Waals surface area contributed by atoms with Gasteiger partial charge in [-0.1, -0.05) is 11.6 Å². The second kappa shape index (κ2) is 5.84. The van der Waals surface area contributed by atoms with Crippen molar-refractivity contribution in [3.63, 3.8) is 0 Å². The molecule has 3 aromatic rings. The summed E-state index contributed by atoms with van der Waals surface area (Å²) in [5, 5.41) is 5.50. The zero-order valence-corrected chi connectivity index (χ0v) is 13.8. The zero-order valence-electron chi connectivity index (χ0n) is 13.0. The Morgan fingerprint density at radius 3 is 2.91 bits per heavy atom. The van der Waals surface area contributed by atoms with Crippen LogP contribution in [0.3, 0.4) is 0 Å². The first-order valence-corrected chi connectivity index (χ1v) is 8.22. The van der Waals surface area contributed by atoms with Gasteiger partial charge in [0.25, 0.3) is 0 Å². The Morgan fingerprint density at radius 1 is 1.26 bits per heavy atom. The minimum absolute atomic E-state index is 0.790. The van der Waals surface area contributed by atoms with Crippen LogP contribution in [0.2, 0.25) is 5.02 Å². The fourth-order valence-corrected chi connectivity index (χ4v) is 3.50. The number of halogens is 1. The van der Waals surface area contributed by atoms with E-state index in [-0.39, 0.29) is 0 Å². The standard InChI is InChI=1S/C19H18ClN3/c1-13(14-4-7-21-8-5-14)12-23-18-3-2-15(20)10-16(18)17-11-22-9-6-19(17)23/h2-5,7-8,10,12,22H,6,9,11H2,1H3/b13-12-. The number of nitrogens with zero attached hydrogens (tertiary/aromatic N) is 2. The summed E-state index contributed by atoms with van der Waals surface area (Å²) in [6.45, 7) is 4.06. The quantitative estimate of drug-likeness (QED) is 0.759. The lowest BCUT2D eigenvalue weighted by Crippen LogP contribution is -2.24. The number of benzene rings is 1. The molecule has 4 rings (SSSR count).